The molecule has 0 radical (unpaired) electrons. The van der Waals surface area contributed by atoms with E-state index in [1.165, 1.54) is 0 Å². The fraction of sp³-hybridized carbons (Fsp3) is 0.737. The molecule has 6 N–H and O–H groups in total. The molecule has 2 unspecified atom stereocenters. The fourth-order valence-corrected chi connectivity index (χ4v) is 3.06. The van der Waals surface area contributed by atoms with Gasteiger partial charge >= 0.3 is 11.9 Å². The number of nitrogens with one attached hydrogen (secondary N) is 3. The lowest BCUT2D eigenvalue weighted by atomic mass is 9.99. The summed E-state index contributed by atoms with van der Waals surface area (Å²) >= 11 is 3.95. The van der Waals surface area contributed by atoms with Gasteiger partial charge in [-0.3, -0.25) is 24.5 Å². The van der Waals surface area contributed by atoms with Crippen molar-refractivity contribution in [1.29, 1.82) is 0 Å². The highest BCUT2D eigenvalue weighted by atomic mass is 32.1. The van der Waals surface area contributed by atoms with Crippen LogP contribution in [0.5, 0.6) is 0 Å². The van der Waals surface area contributed by atoms with Crippen molar-refractivity contribution in [2.45, 2.75) is 76.1 Å². The summed E-state index contributed by atoms with van der Waals surface area (Å²) in [6, 6.07) is -3.02. The number of carboxylic acids is 2. The first-order chi connectivity index (χ1) is 14.7. The highest BCUT2D eigenvalue weighted by Gasteiger charge is 2.27. The van der Waals surface area contributed by atoms with Crippen LogP contribution in [0.1, 0.15) is 51.9 Å². The van der Waals surface area contributed by atoms with Gasteiger partial charge in [0.1, 0.15) is 24.9 Å². The van der Waals surface area contributed by atoms with Gasteiger partial charge in [0.05, 0.1) is 6.10 Å². The zero-order valence-corrected chi connectivity index (χ0v) is 18.5. The lowest BCUT2D eigenvalue weighted by Crippen LogP contribution is -2.51. The van der Waals surface area contributed by atoms with E-state index in [0.717, 1.165) is 19.3 Å². The van der Waals surface area contributed by atoms with Crippen LogP contribution in [0.15, 0.2) is 0 Å². The molecule has 178 valence electrons. The average Bonchev–Trinajstić information content (AvgIpc) is 2.72. The molecule has 0 saturated carbocycles. The van der Waals surface area contributed by atoms with Crippen molar-refractivity contribution in [3.05, 3.63) is 0 Å². The Kier molecular flexibility index (Phi) is 15.3. The Balaban J connectivity index is 4.80. The number of aliphatic hydroxyl groups is 1. The number of thiol groups is 1. The molecule has 0 aromatic heterocycles. The fourth-order valence-electron chi connectivity index (χ4n) is 2.80. The zero-order valence-electron chi connectivity index (χ0n) is 17.6. The van der Waals surface area contributed by atoms with Crippen LogP contribution in [0.3, 0.4) is 0 Å². The van der Waals surface area contributed by atoms with E-state index in [1.807, 2.05) is 6.92 Å². The lowest BCUT2D eigenvalue weighted by molar-refractivity contribution is -0.140. The van der Waals surface area contributed by atoms with E-state index in [9.17, 15) is 34.2 Å². The third-order valence-corrected chi connectivity index (χ3v) is 4.90. The molecule has 0 saturated heterocycles. The number of hydrogen-bond acceptors (Lipinski definition) is 8. The van der Waals surface area contributed by atoms with E-state index >= 15 is 0 Å². The van der Waals surface area contributed by atoms with Crippen molar-refractivity contribution >= 4 is 42.7 Å². The summed E-state index contributed by atoms with van der Waals surface area (Å²) in [6.45, 7) is 1.40. The first kappa shape index (κ1) is 28.8. The Labute approximate surface area is 186 Å². The summed E-state index contributed by atoms with van der Waals surface area (Å²) in [6.07, 6.45) is 2.24. The van der Waals surface area contributed by atoms with Crippen LogP contribution in [-0.4, -0.2) is 81.9 Å². The van der Waals surface area contributed by atoms with Crippen LogP contribution in [-0.2, 0) is 24.0 Å². The first-order valence-electron chi connectivity index (χ1n) is 10.2. The van der Waals surface area contributed by atoms with Gasteiger partial charge in [-0.15, -0.1) is 0 Å². The Morgan fingerprint density at radius 1 is 1.06 bits per heavy atom. The number of aldehydes is 1. The summed E-state index contributed by atoms with van der Waals surface area (Å²) in [5, 5.41) is 35.5. The predicted octanol–water partition coefficient (Wildman–Crippen LogP) is -0.676. The molecule has 11 nitrogen and oxygen atoms in total. The summed E-state index contributed by atoms with van der Waals surface area (Å²) in [5.41, 5.74) is 0. The van der Waals surface area contributed by atoms with Gasteiger partial charge in [0.25, 0.3) is 0 Å². The molecule has 0 aromatic carbocycles. The van der Waals surface area contributed by atoms with Gasteiger partial charge in [-0.05, 0) is 12.8 Å². The Bertz CT molecular complexity index is 605. The summed E-state index contributed by atoms with van der Waals surface area (Å²) in [5.74, 6) is -3.90. The minimum absolute atomic E-state index is 0.0747. The Morgan fingerprint density at radius 3 is 2.26 bits per heavy atom. The highest BCUT2D eigenvalue weighted by Crippen LogP contribution is 2.11. The molecule has 12 heteroatoms. The monoisotopic (exact) mass is 463 g/mol. The molecule has 0 aliphatic heterocycles. The van der Waals surface area contributed by atoms with E-state index in [2.05, 4.69) is 28.6 Å². The topological polar surface area (TPSA) is 182 Å². The summed E-state index contributed by atoms with van der Waals surface area (Å²) in [4.78, 5) is 57.0. The average molecular weight is 464 g/mol. The largest absolute Gasteiger partial charge is 0.480 e. The standard InChI is InChI=1S/C19H33N3O8S/c1-2-3-4-5-15(24)12(8-9-23)21-13(19(29)30)6-7-16(25)22-14(11-31)18(28)20-10-17(26)27/h9,12-15,21,24,31H,2-8,10-11H2,1H3,(H,20,28)(H,22,25)(H,26,27)(H,29,30)/t12?,13-,14-,15?/m0/s1. The smallest absolute Gasteiger partial charge is 0.322 e. The van der Waals surface area contributed by atoms with Gasteiger partial charge < -0.3 is 30.7 Å². The van der Waals surface area contributed by atoms with Crippen molar-refractivity contribution in [3.63, 3.8) is 0 Å². The molecule has 0 aliphatic carbocycles. The normalized spacial score (nSPS) is 14.7. The molecule has 0 aromatic rings. The van der Waals surface area contributed by atoms with Crippen LogP contribution in [0.2, 0.25) is 0 Å². The van der Waals surface area contributed by atoms with Gasteiger partial charge in [-0.2, -0.15) is 12.6 Å². The van der Waals surface area contributed by atoms with Crippen molar-refractivity contribution < 1.29 is 39.3 Å². The van der Waals surface area contributed by atoms with Gasteiger partial charge in [0.15, 0.2) is 0 Å². The second kappa shape index (κ2) is 16.5. The second-order valence-corrected chi connectivity index (χ2v) is 7.45. The maximum absolute atomic E-state index is 12.1. The third-order valence-electron chi connectivity index (χ3n) is 4.54. The van der Waals surface area contributed by atoms with Gasteiger partial charge in [0, 0.05) is 24.6 Å². The van der Waals surface area contributed by atoms with Crippen molar-refractivity contribution in [3.8, 4) is 0 Å². The van der Waals surface area contributed by atoms with Gasteiger partial charge in [-0.25, -0.2) is 0 Å². The molecule has 4 atom stereocenters. The minimum Gasteiger partial charge on any atom is -0.480 e. The molecule has 0 spiro atoms. The number of carbonyl (C=O) groups excluding carboxylic acids is 3. The van der Waals surface area contributed by atoms with Crippen LogP contribution in [0.25, 0.3) is 0 Å². The quantitative estimate of drug-likeness (QED) is 0.0787. The van der Waals surface area contributed by atoms with Crippen LogP contribution in [0.4, 0.5) is 0 Å². The number of rotatable bonds is 18. The van der Waals surface area contributed by atoms with E-state index in [0.29, 0.717) is 12.7 Å². The van der Waals surface area contributed by atoms with E-state index < -0.39 is 54.5 Å². The van der Waals surface area contributed by atoms with Crippen LogP contribution in [0, 0.1) is 0 Å². The van der Waals surface area contributed by atoms with Crippen LogP contribution >= 0.6 is 12.6 Å². The maximum atomic E-state index is 12.1. The number of carbonyl (C=O) groups is 5. The summed E-state index contributed by atoms with van der Waals surface area (Å²) in [7, 11) is 0. The molecule has 2 amide bonds. The third kappa shape index (κ3) is 13.0. The minimum atomic E-state index is -1.24. The zero-order chi connectivity index (χ0) is 23.8. The Morgan fingerprint density at radius 2 is 1.74 bits per heavy atom. The number of hydrogen-bond donors (Lipinski definition) is 7. The second-order valence-electron chi connectivity index (χ2n) is 7.08. The number of amides is 2. The number of aliphatic carboxylic acids is 2. The van der Waals surface area contributed by atoms with E-state index in [4.69, 9.17) is 5.11 Å². The van der Waals surface area contributed by atoms with Gasteiger partial charge in [0.2, 0.25) is 11.8 Å². The van der Waals surface area contributed by atoms with E-state index in [1.54, 1.807) is 0 Å². The Hall–Kier alpha value is -2.18. The molecule has 0 aliphatic rings. The van der Waals surface area contributed by atoms with Crippen molar-refractivity contribution in [2.75, 3.05) is 12.3 Å². The maximum Gasteiger partial charge on any atom is 0.322 e. The van der Waals surface area contributed by atoms with Crippen molar-refractivity contribution in [1.82, 2.24) is 16.0 Å². The lowest BCUT2D eigenvalue weighted by Gasteiger charge is -2.26. The molecule has 0 bridgehead atoms. The number of aliphatic hydroxyl groups excluding tert-OH is 1. The van der Waals surface area contributed by atoms with Crippen LogP contribution < -0.4 is 16.0 Å². The predicted molar refractivity (Wildman–Crippen MR) is 115 cm³/mol. The molecule has 0 heterocycles. The SMILES string of the molecule is CCCCCC(O)C(CC=O)N[C@@H](CCC(=O)N[C@@H](CS)C(=O)NCC(=O)O)C(=O)O. The highest BCUT2D eigenvalue weighted by molar-refractivity contribution is 7.80. The number of carboxylic acid groups (broad SMARTS) is 2. The molecule has 0 rings (SSSR count). The summed E-state index contributed by atoms with van der Waals surface area (Å²) < 4.78 is 0. The molecule has 0 fully saturated rings. The van der Waals surface area contributed by atoms with E-state index in [-0.39, 0.29) is 25.0 Å². The first-order valence-corrected chi connectivity index (χ1v) is 10.8. The number of unbranched alkanes of at least 4 members (excludes halogenated alkanes) is 2. The molecular formula is C19H33N3O8S. The molecule has 31 heavy (non-hydrogen) atoms. The van der Waals surface area contributed by atoms with Gasteiger partial charge in [-0.1, -0.05) is 26.2 Å². The van der Waals surface area contributed by atoms with Crippen molar-refractivity contribution in [2.24, 2.45) is 0 Å². The molecular weight excluding hydrogens is 430 g/mol.